The van der Waals surface area contributed by atoms with Crippen LogP contribution in [0, 0.1) is 0 Å². The van der Waals surface area contributed by atoms with Crippen molar-refractivity contribution in [3.8, 4) is 0 Å². The quantitative estimate of drug-likeness (QED) is 0.774. The van der Waals surface area contributed by atoms with E-state index in [-0.39, 0.29) is 24.8 Å². The smallest absolute Gasteiger partial charge is 0.0534 e. The van der Waals surface area contributed by atoms with Gasteiger partial charge in [-0.25, -0.2) is 0 Å². The van der Waals surface area contributed by atoms with Crippen LogP contribution < -0.4 is 5.32 Å². The third-order valence-corrected chi connectivity index (χ3v) is 2.20. The molecule has 17 heavy (non-hydrogen) atoms. The first kappa shape index (κ1) is 19.1. The first-order chi connectivity index (χ1) is 7.22. The van der Waals surface area contributed by atoms with Crippen LogP contribution in [0.1, 0.15) is 18.9 Å². The highest BCUT2D eigenvalue weighted by Gasteiger charge is 1.97. The monoisotopic (exact) mass is 282 g/mol. The molecule has 1 aromatic rings. The molecule has 0 aliphatic rings. The average Bonchev–Trinajstić information content (AvgIpc) is 2.61. The molecule has 0 saturated heterocycles. The Bertz CT molecular complexity index is 276. The van der Waals surface area contributed by atoms with Gasteiger partial charge < -0.3 is 10.2 Å². The highest BCUT2D eigenvalue weighted by molar-refractivity contribution is 5.85. The van der Waals surface area contributed by atoms with Crippen LogP contribution in [0.25, 0.3) is 0 Å². The van der Waals surface area contributed by atoms with E-state index >= 15 is 0 Å². The number of nitrogens with one attached hydrogen (secondary N) is 1. The van der Waals surface area contributed by atoms with Gasteiger partial charge in [0, 0.05) is 37.9 Å². The van der Waals surface area contributed by atoms with Crippen LogP contribution in [0.2, 0.25) is 0 Å². The molecule has 102 valence electrons. The molecule has 0 amide bonds. The van der Waals surface area contributed by atoms with Crippen LogP contribution >= 0.6 is 24.8 Å². The lowest BCUT2D eigenvalue weighted by atomic mass is 10.3. The maximum absolute atomic E-state index is 4.29. The number of rotatable bonds is 7. The molecule has 0 unspecified atom stereocenters. The van der Waals surface area contributed by atoms with Crippen LogP contribution in [0.5, 0.6) is 0 Å². The van der Waals surface area contributed by atoms with E-state index in [1.807, 2.05) is 10.9 Å². The Morgan fingerprint density at radius 2 is 2.06 bits per heavy atom. The Kier molecular flexibility index (Phi) is 12.2. The Morgan fingerprint density at radius 3 is 2.65 bits per heavy atom. The second-order valence-electron chi connectivity index (χ2n) is 4.09. The molecule has 0 spiro atoms. The third-order valence-electron chi connectivity index (χ3n) is 2.20. The fourth-order valence-electron chi connectivity index (χ4n) is 1.38. The molecule has 4 nitrogen and oxygen atoms in total. The minimum Gasteiger partial charge on any atom is -0.311 e. The zero-order valence-electron chi connectivity index (χ0n) is 10.8. The van der Waals surface area contributed by atoms with Crippen molar-refractivity contribution in [2.24, 2.45) is 0 Å². The summed E-state index contributed by atoms with van der Waals surface area (Å²) in [5.74, 6) is 0. The summed E-state index contributed by atoms with van der Waals surface area (Å²) < 4.78 is 2.00. The maximum Gasteiger partial charge on any atom is 0.0534 e. The van der Waals surface area contributed by atoms with Gasteiger partial charge in [-0.2, -0.15) is 5.10 Å². The minimum absolute atomic E-state index is 0. The van der Waals surface area contributed by atoms with E-state index in [9.17, 15) is 0 Å². The number of aromatic nitrogens is 2. The molecule has 0 aliphatic carbocycles. The molecule has 0 aromatic carbocycles. The topological polar surface area (TPSA) is 33.1 Å². The largest absolute Gasteiger partial charge is 0.311 e. The average molecular weight is 283 g/mol. The second kappa shape index (κ2) is 10.8. The lowest BCUT2D eigenvalue weighted by Gasteiger charge is -2.09. The van der Waals surface area contributed by atoms with Crippen molar-refractivity contribution >= 4 is 24.8 Å². The minimum atomic E-state index is 0. The maximum atomic E-state index is 4.29. The number of halogens is 2. The van der Waals surface area contributed by atoms with Gasteiger partial charge >= 0.3 is 0 Å². The summed E-state index contributed by atoms with van der Waals surface area (Å²) in [6.45, 7) is 6.18. The fourth-order valence-corrected chi connectivity index (χ4v) is 1.38. The molecule has 1 N–H and O–H groups in total. The summed E-state index contributed by atoms with van der Waals surface area (Å²) >= 11 is 0. The van der Waals surface area contributed by atoms with Gasteiger partial charge in [-0.1, -0.05) is 6.92 Å². The highest BCUT2D eigenvalue weighted by atomic mass is 35.5. The van der Waals surface area contributed by atoms with Gasteiger partial charge in [-0.15, -0.1) is 24.8 Å². The van der Waals surface area contributed by atoms with Gasteiger partial charge in [0.2, 0.25) is 0 Å². The van der Waals surface area contributed by atoms with E-state index in [4.69, 9.17) is 0 Å². The Hall–Kier alpha value is -0.290. The molecule has 0 fully saturated rings. The van der Waals surface area contributed by atoms with Crippen molar-refractivity contribution in [2.75, 3.05) is 27.2 Å². The molecule has 6 heteroatoms. The van der Waals surface area contributed by atoms with Crippen LogP contribution in [0.15, 0.2) is 12.4 Å². The van der Waals surface area contributed by atoms with Crippen molar-refractivity contribution in [2.45, 2.75) is 26.4 Å². The van der Waals surface area contributed by atoms with Gasteiger partial charge in [-0.3, -0.25) is 4.68 Å². The van der Waals surface area contributed by atoms with E-state index < -0.39 is 0 Å². The number of nitrogens with zero attached hydrogens (tertiary/aromatic N) is 3. The third kappa shape index (κ3) is 8.44. The summed E-state index contributed by atoms with van der Waals surface area (Å²) in [7, 11) is 4.17. The first-order valence-electron chi connectivity index (χ1n) is 5.59. The van der Waals surface area contributed by atoms with E-state index in [2.05, 4.69) is 42.5 Å². The van der Waals surface area contributed by atoms with E-state index in [0.29, 0.717) is 0 Å². The van der Waals surface area contributed by atoms with E-state index in [1.54, 1.807) is 0 Å². The summed E-state index contributed by atoms with van der Waals surface area (Å²) in [6, 6.07) is 0. The van der Waals surface area contributed by atoms with Crippen LogP contribution in [-0.2, 0) is 13.1 Å². The van der Waals surface area contributed by atoms with Gasteiger partial charge in [-0.05, 0) is 20.5 Å². The lowest BCUT2D eigenvalue weighted by molar-refractivity contribution is 0.400. The number of hydrogen-bond donors (Lipinski definition) is 1. The summed E-state index contributed by atoms with van der Waals surface area (Å²) in [5, 5.41) is 7.68. The van der Waals surface area contributed by atoms with Crippen LogP contribution in [0.4, 0.5) is 0 Å². The molecule has 1 rings (SSSR count). The number of likely N-dealkylation sites (N-methyl/N-ethyl adjacent to an activating group) is 1. The second-order valence-corrected chi connectivity index (χ2v) is 4.09. The van der Waals surface area contributed by atoms with Gasteiger partial charge in [0.05, 0.1) is 6.20 Å². The molecule has 0 aliphatic heterocycles. The van der Waals surface area contributed by atoms with E-state index in [1.165, 1.54) is 5.56 Å². The molecule has 0 atom stereocenters. The van der Waals surface area contributed by atoms with Crippen LogP contribution in [-0.4, -0.2) is 41.9 Å². The Labute approximate surface area is 117 Å². The Morgan fingerprint density at radius 1 is 1.35 bits per heavy atom. The summed E-state index contributed by atoms with van der Waals surface area (Å²) in [4.78, 5) is 2.17. The number of aryl methyl sites for hydroxylation is 1. The van der Waals surface area contributed by atoms with Crippen LogP contribution in [0.3, 0.4) is 0 Å². The van der Waals surface area contributed by atoms with Crippen molar-refractivity contribution in [1.29, 1.82) is 0 Å². The zero-order valence-corrected chi connectivity index (χ0v) is 12.5. The predicted molar refractivity (Wildman–Crippen MR) is 77.3 cm³/mol. The number of hydrogen-bond acceptors (Lipinski definition) is 3. The van der Waals surface area contributed by atoms with Crippen molar-refractivity contribution in [1.82, 2.24) is 20.0 Å². The fraction of sp³-hybridized carbons (Fsp3) is 0.727. The molecule has 0 radical (unpaired) electrons. The van der Waals surface area contributed by atoms with Gasteiger partial charge in [0.25, 0.3) is 0 Å². The molecular formula is C11H24Cl2N4. The van der Waals surface area contributed by atoms with E-state index in [0.717, 1.165) is 32.6 Å². The summed E-state index contributed by atoms with van der Waals surface area (Å²) in [5.41, 5.74) is 1.27. The normalized spacial score (nSPS) is 9.88. The van der Waals surface area contributed by atoms with Crippen molar-refractivity contribution in [3.63, 3.8) is 0 Å². The lowest BCUT2D eigenvalue weighted by Crippen LogP contribution is -2.26. The molecular weight excluding hydrogens is 259 g/mol. The molecule has 0 bridgehead atoms. The standard InChI is InChI=1S/C11H22N4.2ClH/c1-4-6-15-10-11(9-13-15)8-12-5-7-14(2)3;;/h9-10,12H,4-8H2,1-3H3;2*1H. The molecule has 0 saturated carbocycles. The van der Waals surface area contributed by atoms with Gasteiger partial charge in [0.1, 0.15) is 0 Å². The highest BCUT2D eigenvalue weighted by Crippen LogP contribution is 1.97. The van der Waals surface area contributed by atoms with Crippen molar-refractivity contribution in [3.05, 3.63) is 18.0 Å². The molecule has 1 aromatic heterocycles. The summed E-state index contributed by atoms with van der Waals surface area (Å²) in [6.07, 6.45) is 5.19. The zero-order chi connectivity index (χ0) is 11.1. The predicted octanol–water partition coefficient (Wildman–Crippen LogP) is 1.79. The first-order valence-corrected chi connectivity index (χ1v) is 5.59. The SMILES string of the molecule is CCCn1cc(CNCCN(C)C)cn1.Cl.Cl. The molecule has 1 heterocycles. The van der Waals surface area contributed by atoms with Crippen molar-refractivity contribution < 1.29 is 0 Å². The Balaban J connectivity index is 0. The van der Waals surface area contributed by atoms with Gasteiger partial charge in [0.15, 0.2) is 0 Å².